The molecule has 210 valence electrons. The maximum absolute atomic E-state index is 12.7. The topological polar surface area (TPSA) is 81.6 Å². The second-order valence-electron chi connectivity index (χ2n) is 11.3. The average Bonchev–Trinajstić information content (AvgIpc) is 3.68. The monoisotopic (exact) mass is 551 g/mol. The third-order valence-corrected chi connectivity index (χ3v) is 10.0. The van der Waals surface area contributed by atoms with E-state index in [2.05, 4.69) is 53.3 Å². The summed E-state index contributed by atoms with van der Waals surface area (Å²) in [4.78, 5) is 25.8. The molecular weight excluding hydrogens is 510 g/mol. The summed E-state index contributed by atoms with van der Waals surface area (Å²) in [5.74, 6) is 0.232. The van der Waals surface area contributed by atoms with Crippen LogP contribution in [0.15, 0.2) is 30.3 Å². The number of hydrogen-bond acceptors (Lipinski definition) is 7. The minimum absolute atomic E-state index is 0.0586. The fourth-order valence-corrected chi connectivity index (χ4v) is 7.71. The molecule has 2 N–H and O–H groups in total. The van der Waals surface area contributed by atoms with E-state index in [9.17, 15) is 9.59 Å². The number of nitrogens with one attached hydrogen (secondary N) is 2. The van der Waals surface area contributed by atoms with E-state index in [0.717, 1.165) is 60.4 Å². The van der Waals surface area contributed by atoms with Gasteiger partial charge in [0.05, 0.1) is 30.1 Å². The van der Waals surface area contributed by atoms with Crippen molar-refractivity contribution in [1.29, 1.82) is 0 Å². The predicted molar refractivity (Wildman–Crippen MR) is 156 cm³/mol. The maximum atomic E-state index is 12.7. The first-order valence-corrected chi connectivity index (χ1v) is 15.0. The van der Waals surface area contributed by atoms with E-state index in [1.165, 1.54) is 55.9 Å². The summed E-state index contributed by atoms with van der Waals surface area (Å²) in [7, 11) is 2.84. The summed E-state index contributed by atoms with van der Waals surface area (Å²) >= 11 is 1.49. The van der Waals surface area contributed by atoms with Gasteiger partial charge in [0.15, 0.2) is 0 Å². The molecule has 1 aliphatic carbocycles. The highest BCUT2D eigenvalue weighted by Crippen LogP contribution is 2.47. The first-order valence-electron chi connectivity index (χ1n) is 14.2. The van der Waals surface area contributed by atoms with Crippen LogP contribution >= 0.6 is 11.3 Å². The van der Waals surface area contributed by atoms with E-state index in [4.69, 9.17) is 9.47 Å². The molecule has 3 heterocycles. The Morgan fingerprint density at radius 2 is 1.92 bits per heavy atom. The van der Waals surface area contributed by atoms with Crippen LogP contribution < -0.4 is 10.6 Å². The molecule has 8 heteroatoms. The van der Waals surface area contributed by atoms with Crippen LogP contribution in [0.2, 0.25) is 0 Å². The first kappa shape index (κ1) is 27.9. The van der Waals surface area contributed by atoms with Gasteiger partial charge in [0.2, 0.25) is 0 Å². The number of aromatic nitrogens is 1. The van der Waals surface area contributed by atoms with Crippen LogP contribution in [-0.4, -0.2) is 49.4 Å². The normalized spacial score (nSPS) is 20.1. The average molecular weight is 552 g/mol. The molecule has 0 amide bonds. The van der Waals surface area contributed by atoms with Gasteiger partial charge in [-0.05, 0) is 54.8 Å². The highest BCUT2D eigenvalue weighted by atomic mass is 32.1. The zero-order chi connectivity index (χ0) is 27.6. The SMILES string of the molecule is COC(=O)Cn1c(-c2ccccc2CN[C@]2(C(C)C)CCNC2)c(C2CCCCC2)c2sc(C(=O)OC)cc21. The Hall–Kier alpha value is -2.68. The van der Waals surface area contributed by atoms with Crippen molar-refractivity contribution in [3.05, 3.63) is 46.3 Å². The molecule has 7 nitrogen and oxygen atoms in total. The van der Waals surface area contributed by atoms with E-state index in [1.807, 2.05) is 6.07 Å². The third-order valence-electron chi connectivity index (χ3n) is 8.88. The quantitative estimate of drug-likeness (QED) is 0.325. The Balaban J connectivity index is 1.68. The maximum Gasteiger partial charge on any atom is 0.348 e. The minimum Gasteiger partial charge on any atom is -0.468 e. The Morgan fingerprint density at radius 1 is 1.15 bits per heavy atom. The first-order chi connectivity index (χ1) is 18.9. The number of carbonyl (C=O) groups excluding carboxylic acids is 2. The number of fused-ring (bicyclic) bond motifs is 1. The summed E-state index contributed by atoms with van der Waals surface area (Å²) in [6, 6.07) is 10.5. The molecule has 1 saturated carbocycles. The van der Waals surface area contributed by atoms with Gasteiger partial charge in [-0.3, -0.25) is 4.79 Å². The van der Waals surface area contributed by atoms with Crippen molar-refractivity contribution in [3.63, 3.8) is 0 Å². The highest BCUT2D eigenvalue weighted by Gasteiger charge is 2.37. The van der Waals surface area contributed by atoms with Gasteiger partial charge < -0.3 is 24.7 Å². The van der Waals surface area contributed by atoms with Crippen LogP contribution in [0, 0.1) is 5.92 Å². The standard InChI is InChI=1S/C31H41N3O4S/c1-20(2)31(14-15-32-19-31)33-17-22-12-8-9-13-23(22)28-27(21-10-6-5-7-11-21)29-24(34(28)18-26(35)37-3)16-25(39-29)30(36)38-4/h8-9,12-13,16,20-21,32-33H,5-7,10-11,14-15,17-19H2,1-4H3/t31-/m1/s1. The Labute approximate surface area is 235 Å². The van der Waals surface area contributed by atoms with Gasteiger partial charge in [-0.2, -0.15) is 0 Å². The molecule has 2 aliphatic rings. The van der Waals surface area contributed by atoms with E-state index in [1.54, 1.807) is 0 Å². The van der Waals surface area contributed by atoms with Crippen molar-refractivity contribution < 1.29 is 19.1 Å². The Bertz CT molecular complexity index is 1330. The molecule has 0 spiro atoms. The second kappa shape index (κ2) is 11.8. The van der Waals surface area contributed by atoms with E-state index in [-0.39, 0.29) is 24.0 Å². The lowest BCUT2D eigenvalue weighted by Crippen LogP contribution is -2.51. The molecule has 1 aliphatic heterocycles. The van der Waals surface area contributed by atoms with Crippen LogP contribution in [0.4, 0.5) is 0 Å². The summed E-state index contributed by atoms with van der Waals surface area (Å²) in [5.41, 5.74) is 5.67. The molecule has 1 saturated heterocycles. The second-order valence-corrected chi connectivity index (χ2v) is 12.4. The molecule has 5 rings (SSSR count). The summed E-state index contributed by atoms with van der Waals surface area (Å²) in [5, 5.41) is 7.47. The van der Waals surface area contributed by atoms with Gasteiger partial charge in [0, 0.05) is 24.2 Å². The van der Waals surface area contributed by atoms with Crippen LogP contribution in [0.25, 0.3) is 21.5 Å². The number of carbonyl (C=O) groups is 2. The molecular formula is C31H41N3O4S. The van der Waals surface area contributed by atoms with Crippen molar-refractivity contribution >= 4 is 33.5 Å². The van der Waals surface area contributed by atoms with Gasteiger partial charge in [-0.15, -0.1) is 11.3 Å². The van der Waals surface area contributed by atoms with Crippen LogP contribution in [0.3, 0.4) is 0 Å². The van der Waals surface area contributed by atoms with Gasteiger partial charge in [0.25, 0.3) is 0 Å². The molecule has 2 aromatic heterocycles. The van der Waals surface area contributed by atoms with Gasteiger partial charge >= 0.3 is 11.9 Å². The number of thiophene rings is 1. The van der Waals surface area contributed by atoms with E-state index in [0.29, 0.717) is 16.7 Å². The number of hydrogen-bond donors (Lipinski definition) is 2. The molecule has 1 aromatic carbocycles. The number of methoxy groups -OCH3 is 2. The number of esters is 2. The van der Waals surface area contributed by atoms with E-state index >= 15 is 0 Å². The Kier molecular flexibility index (Phi) is 8.45. The molecule has 0 radical (unpaired) electrons. The molecule has 1 atom stereocenters. The van der Waals surface area contributed by atoms with Crippen molar-refractivity contribution in [3.8, 4) is 11.3 Å². The molecule has 39 heavy (non-hydrogen) atoms. The fourth-order valence-electron chi connectivity index (χ4n) is 6.50. The smallest absolute Gasteiger partial charge is 0.348 e. The third kappa shape index (κ3) is 5.39. The lowest BCUT2D eigenvalue weighted by atomic mass is 9.82. The molecule has 2 fully saturated rings. The van der Waals surface area contributed by atoms with Crippen molar-refractivity contribution in [2.75, 3.05) is 27.3 Å². The van der Waals surface area contributed by atoms with Crippen molar-refractivity contribution in [1.82, 2.24) is 15.2 Å². The van der Waals surface area contributed by atoms with Gasteiger partial charge in [-0.25, -0.2) is 4.79 Å². The zero-order valence-electron chi connectivity index (χ0n) is 23.6. The van der Waals surface area contributed by atoms with E-state index < -0.39 is 0 Å². The summed E-state index contributed by atoms with van der Waals surface area (Å²) < 4.78 is 13.4. The summed E-state index contributed by atoms with van der Waals surface area (Å²) in [6.07, 6.45) is 6.95. The van der Waals surface area contributed by atoms with Crippen LogP contribution in [-0.2, 0) is 27.4 Å². The zero-order valence-corrected chi connectivity index (χ0v) is 24.4. The lowest BCUT2D eigenvalue weighted by molar-refractivity contribution is -0.141. The van der Waals surface area contributed by atoms with Crippen LogP contribution in [0.5, 0.6) is 0 Å². The Morgan fingerprint density at radius 3 is 2.59 bits per heavy atom. The fraction of sp³-hybridized carbons (Fsp3) is 0.548. The van der Waals surface area contributed by atoms with Gasteiger partial charge in [0.1, 0.15) is 11.4 Å². The van der Waals surface area contributed by atoms with Crippen molar-refractivity contribution in [2.45, 2.75) is 76.9 Å². The molecule has 0 bridgehead atoms. The number of ether oxygens (including phenoxy) is 2. The largest absolute Gasteiger partial charge is 0.468 e. The number of rotatable bonds is 9. The molecule has 3 aromatic rings. The highest BCUT2D eigenvalue weighted by molar-refractivity contribution is 7.21. The summed E-state index contributed by atoms with van der Waals surface area (Å²) in [6.45, 7) is 7.41. The lowest BCUT2D eigenvalue weighted by Gasteiger charge is -2.34. The minimum atomic E-state index is -0.342. The molecule has 0 unspecified atom stereocenters. The van der Waals surface area contributed by atoms with Gasteiger partial charge in [-0.1, -0.05) is 57.4 Å². The number of benzene rings is 1. The predicted octanol–water partition coefficient (Wildman–Crippen LogP) is 5.85. The van der Waals surface area contributed by atoms with Crippen molar-refractivity contribution in [2.24, 2.45) is 5.92 Å². The van der Waals surface area contributed by atoms with Crippen LogP contribution in [0.1, 0.15) is 79.1 Å². The number of nitrogens with zero attached hydrogens (tertiary/aromatic N) is 1.